The van der Waals surface area contributed by atoms with Crippen molar-refractivity contribution in [3.63, 3.8) is 0 Å². The second-order valence-corrected chi connectivity index (χ2v) is 6.75. The molecule has 1 saturated heterocycles. The highest BCUT2D eigenvalue weighted by atomic mass is 19.4. The van der Waals surface area contributed by atoms with Gasteiger partial charge in [0.2, 0.25) is 0 Å². The number of carbonyl (C=O) groups is 1. The summed E-state index contributed by atoms with van der Waals surface area (Å²) in [5.41, 5.74) is -1.53. The molecule has 0 bridgehead atoms. The third-order valence-corrected chi connectivity index (χ3v) is 4.65. The first-order valence-corrected chi connectivity index (χ1v) is 7.42. The number of hydrogen-bond acceptors (Lipinski definition) is 2. The van der Waals surface area contributed by atoms with Crippen molar-refractivity contribution in [3.05, 3.63) is 34.4 Å². The molecule has 2 aliphatic rings. The Morgan fingerprint density at radius 2 is 1.87 bits per heavy atom. The van der Waals surface area contributed by atoms with Gasteiger partial charge in [0, 0.05) is 38.3 Å². The SMILES string of the molecule is CC(c1cc2c(c(C(F)(F)F)c1)CN(C)C2=O)N1CC(C)(F)C1. The molecule has 0 spiro atoms. The van der Waals surface area contributed by atoms with Crippen LogP contribution in [0, 0.1) is 0 Å². The summed E-state index contributed by atoms with van der Waals surface area (Å²) in [5, 5.41) is 0. The molecule has 2 heterocycles. The number of hydrogen-bond donors (Lipinski definition) is 0. The van der Waals surface area contributed by atoms with Gasteiger partial charge in [-0.15, -0.1) is 0 Å². The molecule has 0 aliphatic carbocycles. The Bertz CT molecular complexity index is 661. The predicted octanol–water partition coefficient (Wildman–Crippen LogP) is 3.40. The van der Waals surface area contributed by atoms with E-state index in [0.29, 0.717) is 5.56 Å². The van der Waals surface area contributed by atoms with E-state index in [9.17, 15) is 22.4 Å². The van der Waals surface area contributed by atoms with Gasteiger partial charge < -0.3 is 4.90 Å². The van der Waals surface area contributed by atoms with E-state index in [1.165, 1.54) is 24.9 Å². The quantitative estimate of drug-likeness (QED) is 0.776. The summed E-state index contributed by atoms with van der Waals surface area (Å²) in [5.74, 6) is -0.404. The molecule has 2 aliphatic heterocycles. The number of amides is 1. The number of likely N-dealkylation sites (tertiary alicyclic amines) is 1. The summed E-state index contributed by atoms with van der Waals surface area (Å²) < 4.78 is 53.7. The first-order chi connectivity index (χ1) is 10.5. The zero-order valence-electron chi connectivity index (χ0n) is 13.2. The zero-order valence-corrected chi connectivity index (χ0v) is 13.2. The Kier molecular flexibility index (Phi) is 3.48. The number of nitrogens with zero attached hydrogens (tertiary/aromatic N) is 2. The van der Waals surface area contributed by atoms with Crippen LogP contribution in [-0.4, -0.2) is 41.5 Å². The zero-order chi connectivity index (χ0) is 17.2. The lowest BCUT2D eigenvalue weighted by molar-refractivity contribution is -0.138. The second-order valence-electron chi connectivity index (χ2n) is 6.75. The van der Waals surface area contributed by atoms with Crippen LogP contribution in [-0.2, 0) is 12.7 Å². The minimum absolute atomic E-state index is 0.0277. The highest BCUT2D eigenvalue weighted by Crippen LogP contribution is 2.41. The van der Waals surface area contributed by atoms with Crippen LogP contribution in [0.2, 0.25) is 0 Å². The van der Waals surface area contributed by atoms with E-state index in [-0.39, 0.29) is 36.8 Å². The van der Waals surface area contributed by atoms with Crippen molar-refractivity contribution in [1.82, 2.24) is 9.80 Å². The monoisotopic (exact) mass is 330 g/mol. The van der Waals surface area contributed by atoms with Gasteiger partial charge in [0.15, 0.2) is 0 Å². The largest absolute Gasteiger partial charge is 0.416 e. The van der Waals surface area contributed by atoms with Gasteiger partial charge in [-0.3, -0.25) is 9.69 Å². The van der Waals surface area contributed by atoms with Gasteiger partial charge in [0.05, 0.1) is 5.56 Å². The molecule has 1 amide bonds. The summed E-state index contributed by atoms with van der Waals surface area (Å²) >= 11 is 0. The highest BCUT2D eigenvalue weighted by molar-refractivity contribution is 5.98. The first kappa shape index (κ1) is 16.2. The van der Waals surface area contributed by atoms with Crippen molar-refractivity contribution in [2.24, 2.45) is 0 Å². The summed E-state index contributed by atoms with van der Waals surface area (Å²) in [7, 11) is 1.48. The molecule has 0 radical (unpaired) electrons. The fourth-order valence-corrected chi connectivity index (χ4v) is 3.35. The third-order valence-electron chi connectivity index (χ3n) is 4.65. The number of alkyl halides is 4. The molecule has 1 fully saturated rings. The molecule has 1 unspecified atom stereocenters. The van der Waals surface area contributed by atoms with Gasteiger partial charge in [-0.2, -0.15) is 13.2 Å². The van der Waals surface area contributed by atoms with Crippen molar-refractivity contribution in [2.45, 2.75) is 38.3 Å². The van der Waals surface area contributed by atoms with Crippen LogP contribution >= 0.6 is 0 Å². The molecule has 3 nitrogen and oxygen atoms in total. The molecular weight excluding hydrogens is 312 g/mol. The van der Waals surface area contributed by atoms with Crippen molar-refractivity contribution < 1.29 is 22.4 Å². The van der Waals surface area contributed by atoms with Crippen molar-refractivity contribution >= 4 is 5.91 Å². The van der Waals surface area contributed by atoms with Crippen LogP contribution in [0.15, 0.2) is 12.1 Å². The Hall–Kier alpha value is -1.63. The van der Waals surface area contributed by atoms with Gasteiger partial charge in [-0.05, 0) is 37.1 Å². The maximum Gasteiger partial charge on any atom is 0.416 e. The van der Waals surface area contributed by atoms with E-state index in [1.807, 2.05) is 0 Å². The molecule has 0 aromatic heterocycles. The highest BCUT2D eigenvalue weighted by Gasteiger charge is 2.43. The molecule has 1 aromatic rings. The first-order valence-electron chi connectivity index (χ1n) is 7.42. The average molecular weight is 330 g/mol. The van der Waals surface area contributed by atoms with Gasteiger partial charge in [-0.1, -0.05) is 0 Å². The number of rotatable bonds is 2. The lowest BCUT2D eigenvalue weighted by Crippen LogP contribution is -2.57. The molecule has 126 valence electrons. The van der Waals surface area contributed by atoms with E-state index in [0.717, 1.165) is 6.07 Å². The Morgan fingerprint density at radius 1 is 1.26 bits per heavy atom. The van der Waals surface area contributed by atoms with Crippen LogP contribution in [0.5, 0.6) is 0 Å². The topological polar surface area (TPSA) is 23.6 Å². The van der Waals surface area contributed by atoms with Crippen LogP contribution in [0.1, 0.15) is 46.9 Å². The van der Waals surface area contributed by atoms with Crippen LogP contribution in [0.3, 0.4) is 0 Å². The number of halogens is 4. The van der Waals surface area contributed by atoms with Gasteiger partial charge in [-0.25, -0.2) is 4.39 Å². The van der Waals surface area contributed by atoms with Crippen molar-refractivity contribution in [1.29, 1.82) is 0 Å². The summed E-state index contributed by atoms with van der Waals surface area (Å²) in [6, 6.07) is 2.25. The molecule has 3 rings (SSSR count). The number of fused-ring (bicyclic) bond motifs is 1. The molecule has 1 aromatic carbocycles. The standard InChI is InChI=1S/C16H18F4N2O/c1-9(22-7-15(2,17)8-22)10-4-11-12(6-21(3)14(11)23)13(5-10)16(18,19)20/h4-5,9H,6-8H2,1-3H3. The molecule has 0 saturated carbocycles. The van der Waals surface area contributed by atoms with Crippen LogP contribution in [0.25, 0.3) is 0 Å². The van der Waals surface area contributed by atoms with E-state index in [4.69, 9.17) is 0 Å². The predicted molar refractivity (Wildman–Crippen MR) is 76.7 cm³/mol. The molecule has 23 heavy (non-hydrogen) atoms. The van der Waals surface area contributed by atoms with Gasteiger partial charge >= 0.3 is 6.18 Å². The van der Waals surface area contributed by atoms with Crippen LogP contribution in [0.4, 0.5) is 17.6 Å². The van der Waals surface area contributed by atoms with E-state index in [1.54, 1.807) is 11.8 Å². The average Bonchev–Trinajstić information content (AvgIpc) is 2.69. The lowest BCUT2D eigenvalue weighted by Gasteiger charge is -2.46. The minimum atomic E-state index is -4.52. The van der Waals surface area contributed by atoms with Crippen molar-refractivity contribution in [2.75, 3.05) is 20.1 Å². The Balaban J connectivity index is 2.01. The van der Waals surface area contributed by atoms with E-state index < -0.39 is 23.3 Å². The molecule has 7 heteroatoms. The maximum atomic E-state index is 13.6. The summed E-state index contributed by atoms with van der Waals surface area (Å²) in [4.78, 5) is 15.1. The number of carbonyl (C=O) groups excluding carboxylic acids is 1. The fraction of sp³-hybridized carbons (Fsp3) is 0.562. The Labute approximate surface area is 131 Å². The fourth-order valence-electron chi connectivity index (χ4n) is 3.35. The molecular formula is C16H18F4N2O. The molecule has 0 N–H and O–H groups in total. The van der Waals surface area contributed by atoms with Crippen molar-refractivity contribution in [3.8, 4) is 0 Å². The lowest BCUT2D eigenvalue weighted by atomic mass is 9.91. The second kappa shape index (κ2) is 4.93. The van der Waals surface area contributed by atoms with Crippen LogP contribution < -0.4 is 0 Å². The summed E-state index contributed by atoms with van der Waals surface area (Å²) in [6.45, 7) is 3.53. The van der Waals surface area contributed by atoms with E-state index >= 15 is 0 Å². The minimum Gasteiger partial charge on any atom is -0.337 e. The molecule has 1 atom stereocenters. The summed E-state index contributed by atoms with van der Waals surface area (Å²) in [6.07, 6.45) is -4.52. The maximum absolute atomic E-state index is 13.6. The van der Waals surface area contributed by atoms with Gasteiger partial charge in [0.25, 0.3) is 5.91 Å². The smallest absolute Gasteiger partial charge is 0.337 e. The van der Waals surface area contributed by atoms with Gasteiger partial charge in [0.1, 0.15) is 5.67 Å². The normalized spacial score (nSPS) is 22.0. The number of benzene rings is 1. The Morgan fingerprint density at radius 3 is 2.39 bits per heavy atom. The third kappa shape index (κ3) is 2.71. The van der Waals surface area contributed by atoms with E-state index in [2.05, 4.69) is 0 Å².